The molecule has 88 valence electrons. The molecule has 2 heterocycles. The third-order valence-electron chi connectivity index (χ3n) is 2.95. The van der Waals surface area contributed by atoms with Crippen molar-refractivity contribution >= 4 is 0 Å². The monoisotopic (exact) mass is 230 g/mol. The molecule has 1 aliphatic carbocycles. The maximum atomic E-state index is 5.32. The first-order valence-electron chi connectivity index (χ1n) is 5.79. The Morgan fingerprint density at radius 1 is 1.47 bits per heavy atom. The Bertz CT molecular complexity index is 492. The molecular weight excluding hydrogens is 216 g/mol. The van der Waals surface area contributed by atoms with E-state index >= 15 is 0 Å². The minimum absolute atomic E-state index is 0.0799. The summed E-state index contributed by atoms with van der Waals surface area (Å²) in [7, 11) is 1.87. The minimum Gasteiger partial charge on any atom is -0.337 e. The topological polar surface area (TPSA) is 63.8 Å². The van der Waals surface area contributed by atoms with Gasteiger partial charge in [0.2, 0.25) is 5.89 Å². The van der Waals surface area contributed by atoms with Crippen LogP contribution in [0.1, 0.15) is 42.1 Å². The van der Waals surface area contributed by atoms with Crippen molar-refractivity contribution in [2.24, 2.45) is 0 Å². The van der Waals surface area contributed by atoms with Crippen LogP contribution in [-0.2, 0) is 0 Å². The van der Waals surface area contributed by atoms with E-state index in [0.717, 1.165) is 11.4 Å². The lowest BCUT2D eigenvalue weighted by atomic mass is 10.1. The second kappa shape index (κ2) is 4.25. The molecule has 3 rings (SSSR count). The molecule has 2 aromatic rings. The van der Waals surface area contributed by atoms with E-state index in [9.17, 15) is 0 Å². The van der Waals surface area contributed by atoms with Gasteiger partial charge in [0.15, 0.2) is 5.82 Å². The van der Waals surface area contributed by atoms with E-state index in [1.807, 2.05) is 25.4 Å². The average Bonchev–Trinajstić information content (AvgIpc) is 3.12. The largest absolute Gasteiger partial charge is 0.337 e. The molecule has 5 heteroatoms. The van der Waals surface area contributed by atoms with Gasteiger partial charge in [-0.3, -0.25) is 4.98 Å². The van der Waals surface area contributed by atoms with Crippen molar-refractivity contribution in [1.29, 1.82) is 0 Å². The second-order valence-corrected chi connectivity index (χ2v) is 4.27. The number of hydrogen-bond donors (Lipinski definition) is 1. The first-order valence-corrected chi connectivity index (χ1v) is 5.79. The van der Waals surface area contributed by atoms with Crippen LogP contribution in [0.3, 0.4) is 0 Å². The Hall–Kier alpha value is -1.75. The molecule has 5 nitrogen and oxygen atoms in total. The Balaban J connectivity index is 1.88. The molecule has 0 saturated heterocycles. The van der Waals surface area contributed by atoms with E-state index in [1.165, 1.54) is 12.8 Å². The van der Waals surface area contributed by atoms with Gasteiger partial charge in [-0.1, -0.05) is 11.2 Å². The van der Waals surface area contributed by atoms with Crippen molar-refractivity contribution in [3.8, 4) is 0 Å². The average molecular weight is 230 g/mol. The van der Waals surface area contributed by atoms with Gasteiger partial charge in [-0.25, -0.2) is 0 Å². The van der Waals surface area contributed by atoms with E-state index in [-0.39, 0.29) is 6.04 Å². The van der Waals surface area contributed by atoms with Crippen LogP contribution in [-0.4, -0.2) is 22.2 Å². The van der Waals surface area contributed by atoms with Gasteiger partial charge >= 0.3 is 0 Å². The summed E-state index contributed by atoms with van der Waals surface area (Å²) in [5.41, 5.74) is 1.03. The molecule has 0 aliphatic heterocycles. The zero-order valence-electron chi connectivity index (χ0n) is 9.63. The van der Waals surface area contributed by atoms with Gasteiger partial charge in [0.25, 0.3) is 0 Å². The van der Waals surface area contributed by atoms with Gasteiger partial charge in [-0.05, 0) is 31.5 Å². The first-order chi connectivity index (χ1) is 8.38. The van der Waals surface area contributed by atoms with Gasteiger partial charge < -0.3 is 9.84 Å². The van der Waals surface area contributed by atoms with Gasteiger partial charge in [0.1, 0.15) is 6.04 Å². The van der Waals surface area contributed by atoms with Gasteiger partial charge in [-0.2, -0.15) is 4.98 Å². The summed E-state index contributed by atoms with van der Waals surface area (Å²) in [5, 5.41) is 7.20. The maximum absolute atomic E-state index is 5.32. The Morgan fingerprint density at radius 3 is 3.00 bits per heavy atom. The van der Waals surface area contributed by atoms with Crippen molar-refractivity contribution in [2.45, 2.75) is 24.8 Å². The molecule has 2 aromatic heterocycles. The summed E-state index contributed by atoms with van der Waals surface area (Å²) in [6, 6.07) is 3.82. The number of nitrogens with one attached hydrogen (secondary N) is 1. The zero-order valence-corrected chi connectivity index (χ0v) is 9.63. The molecule has 0 bridgehead atoms. The Kier molecular flexibility index (Phi) is 2.60. The summed E-state index contributed by atoms with van der Waals surface area (Å²) in [4.78, 5) is 8.56. The molecule has 0 amide bonds. The molecular formula is C12H14N4O. The molecule has 1 unspecified atom stereocenters. The normalized spacial score (nSPS) is 17.0. The van der Waals surface area contributed by atoms with Gasteiger partial charge in [-0.15, -0.1) is 0 Å². The lowest BCUT2D eigenvalue weighted by Crippen LogP contribution is -2.18. The lowest BCUT2D eigenvalue weighted by Gasteiger charge is -2.10. The quantitative estimate of drug-likeness (QED) is 0.865. The highest BCUT2D eigenvalue weighted by Crippen LogP contribution is 2.38. The molecule has 0 radical (unpaired) electrons. The van der Waals surface area contributed by atoms with Crippen LogP contribution in [0.25, 0.3) is 0 Å². The van der Waals surface area contributed by atoms with Crippen molar-refractivity contribution in [2.75, 3.05) is 7.05 Å². The van der Waals surface area contributed by atoms with E-state index in [1.54, 1.807) is 6.20 Å². The van der Waals surface area contributed by atoms with Gasteiger partial charge in [0, 0.05) is 18.3 Å². The second-order valence-electron chi connectivity index (χ2n) is 4.27. The molecule has 1 N–H and O–H groups in total. The van der Waals surface area contributed by atoms with E-state index in [4.69, 9.17) is 4.52 Å². The van der Waals surface area contributed by atoms with Crippen molar-refractivity contribution in [3.63, 3.8) is 0 Å². The molecule has 1 atom stereocenters. The SMILES string of the molecule is CNC(c1cccnc1)c1nc(C2CC2)no1. The van der Waals surface area contributed by atoms with Gasteiger partial charge in [0.05, 0.1) is 0 Å². The van der Waals surface area contributed by atoms with Crippen LogP contribution in [0.5, 0.6) is 0 Å². The fraction of sp³-hybridized carbons (Fsp3) is 0.417. The summed E-state index contributed by atoms with van der Waals surface area (Å²) in [6.45, 7) is 0. The predicted octanol–water partition coefficient (Wildman–Crippen LogP) is 1.65. The number of aromatic nitrogens is 3. The fourth-order valence-corrected chi connectivity index (χ4v) is 1.85. The third kappa shape index (κ3) is 2.06. The van der Waals surface area contributed by atoms with Crippen molar-refractivity contribution in [3.05, 3.63) is 41.8 Å². The van der Waals surface area contributed by atoms with Crippen LogP contribution >= 0.6 is 0 Å². The lowest BCUT2D eigenvalue weighted by molar-refractivity contribution is 0.350. The molecule has 1 fully saturated rings. The predicted molar refractivity (Wildman–Crippen MR) is 61.4 cm³/mol. The summed E-state index contributed by atoms with van der Waals surface area (Å²) < 4.78 is 5.32. The van der Waals surface area contributed by atoms with Crippen LogP contribution in [0.4, 0.5) is 0 Å². The number of rotatable bonds is 4. The van der Waals surface area contributed by atoms with Crippen LogP contribution in [0.15, 0.2) is 29.0 Å². The Morgan fingerprint density at radius 2 is 2.35 bits per heavy atom. The molecule has 1 saturated carbocycles. The first kappa shape index (κ1) is 10.4. The minimum atomic E-state index is -0.0799. The zero-order chi connectivity index (χ0) is 11.7. The molecule has 0 aromatic carbocycles. The van der Waals surface area contributed by atoms with Crippen LogP contribution in [0, 0.1) is 0 Å². The fourth-order valence-electron chi connectivity index (χ4n) is 1.85. The van der Waals surface area contributed by atoms with Crippen molar-refractivity contribution in [1.82, 2.24) is 20.4 Å². The number of hydrogen-bond acceptors (Lipinski definition) is 5. The van der Waals surface area contributed by atoms with Crippen LogP contribution in [0.2, 0.25) is 0 Å². The molecule has 1 aliphatic rings. The van der Waals surface area contributed by atoms with E-state index in [2.05, 4.69) is 20.4 Å². The maximum Gasteiger partial charge on any atom is 0.248 e. The summed E-state index contributed by atoms with van der Waals surface area (Å²) in [5.74, 6) is 1.96. The summed E-state index contributed by atoms with van der Waals surface area (Å²) in [6.07, 6.45) is 5.91. The Labute approximate surface area is 99.3 Å². The highest BCUT2D eigenvalue weighted by molar-refractivity contribution is 5.20. The summed E-state index contributed by atoms with van der Waals surface area (Å²) >= 11 is 0. The molecule has 0 spiro atoms. The van der Waals surface area contributed by atoms with Crippen molar-refractivity contribution < 1.29 is 4.52 Å². The number of nitrogens with zero attached hydrogens (tertiary/aromatic N) is 3. The highest BCUT2D eigenvalue weighted by atomic mass is 16.5. The number of pyridine rings is 1. The van der Waals surface area contributed by atoms with Crippen LogP contribution < -0.4 is 5.32 Å². The third-order valence-corrected chi connectivity index (χ3v) is 2.95. The molecule has 17 heavy (non-hydrogen) atoms. The van der Waals surface area contributed by atoms with E-state index in [0.29, 0.717) is 11.8 Å². The standard InChI is InChI=1S/C12H14N4O/c1-13-10(9-3-2-6-14-7-9)12-15-11(16-17-12)8-4-5-8/h2-3,6-8,10,13H,4-5H2,1H3. The van der Waals surface area contributed by atoms with E-state index < -0.39 is 0 Å². The smallest absolute Gasteiger partial charge is 0.248 e. The highest BCUT2D eigenvalue weighted by Gasteiger charge is 2.30.